The van der Waals surface area contributed by atoms with E-state index in [4.69, 9.17) is 4.74 Å². The topological polar surface area (TPSA) is 58.2 Å². The lowest BCUT2D eigenvalue weighted by atomic mass is 10.0. The summed E-state index contributed by atoms with van der Waals surface area (Å²) in [6.45, 7) is 2.51. The van der Waals surface area contributed by atoms with Crippen molar-refractivity contribution in [3.05, 3.63) is 83.8 Å². The van der Waals surface area contributed by atoms with Crippen molar-refractivity contribution in [1.82, 2.24) is 15.1 Å². The van der Waals surface area contributed by atoms with Gasteiger partial charge in [0, 0.05) is 29.1 Å². The van der Waals surface area contributed by atoms with E-state index in [1.165, 1.54) is 11.0 Å². The Hall–Kier alpha value is -3.67. The average Bonchev–Trinajstić information content (AvgIpc) is 3.25. The summed E-state index contributed by atoms with van der Waals surface area (Å²) < 4.78 is 20.2. The smallest absolute Gasteiger partial charge is 0.254 e. The molecule has 1 aromatic heterocycles. The molecule has 30 heavy (non-hydrogen) atoms. The Morgan fingerprint density at radius 1 is 1.13 bits per heavy atom. The second kappa shape index (κ2) is 8.37. The Morgan fingerprint density at radius 3 is 2.70 bits per heavy atom. The van der Waals surface area contributed by atoms with E-state index in [2.05, 4.69) is 10.2 Å². The van der Waals surface area contributed by atoms with Crippen LogP contribution in [-0.4, -0.2) is 34.7 Å². The van der Waals surface area contributed by atoms with Crippen LogP contribution in [0.4, 0.5) is 4.39 Å². The van der Waals surface area contributed by atoms with E-state index in [9.17, 15) is 9.18 Å². The summed E-state index contributed by atoms with van der Waals surface area (Å²) in [4.78, 5) is 14.6. The number of halogens is 1. The van der Waals surface area contributed by atoms with Crippen molar-refractivity contribution >= 4 is 16.8 Å². The van der Waals surface area contributed by atoms with Crippen LogP contribution in [0.5, 0.6) is 5.75 Å². The predicted molar refractivity (Wildman–Crippen MR) is 115 cm³/mol. The van der Waals surface area contributed by atoms with Crippen molar-refractivity contribution in [2.24, 2.45) is 0 Å². The summed E-state index contributed by atoms with van der Waals surface area (Å²) in [5, 5.41) is 7.59. The van der Waals surface area contributed by atoms with Crippen molar-refractivity contribution in [3.63, 3.8) is 0 Å². The second-order valence-electron chi connectivity index (χ2n) is 7.03. The highest BCUT2D eigenvalue weighted by atomic mass is 19.1. The van der Waals surface area contributed by atoms with Crippen LogP contribution >= 0.6 is 0 Å². The van der Waals surface area contributed by atoms with Crippen molar-refractivity contribution in [2.45, 2.75) is 13.5 Å². The largest absolute Gasteiger partial charge is 0.493 e. The molecule has 0 aliphatic carbocycles. The normalized spacial score (nSPS) is 10.9. The molecule has 1 amide bonds. The van der Waals surface area contributed by atoms with E-state index in [1.54, 1.807) is 31.4 Å². The van der Waals surface area contributed by atoms with Gasteiger partial charge in [-0.05, 0) is 42.8 Å². The van der Waals surface area contributed by atoms with Gasteiger partial charge >= 0.3 is 0 Å². The van der Waals surface area contributed by atoms with Gasteiger partial charge in [-0.1, -0.05) is 30.3 Å². The lowest BCUT2D eigenvalue weighted by Crippen LogP contribution is -2.26. The fourth-order valence-corrected chi connectivity index (χ4v) is 3.52. The Labute approximate surface area is 174 Å². The summed E-state index contributed by atoms with van der Waals surface area (Å²) >= 11 is 0. The Kier molecular flexibility index (Phi) is 5.48. The molecule has 0 atom stereocenters. The third-order valence-electron chi connectivity index (χ3n) is 5.02. The molecule has 0 aliphatic rings. The maximum atomic E-state index is 14.4. The standard InChI is InChI=1S/C24H22FN3O2/c1-3-30-22-13-17(9-11-19(22)16-7-5-4-6-8-16)24(29)28(2)15-20-21(25)12-10-18-14-26-27-23(18)20/h4-14H,3,15H2,1-2H3,(H,26,27). The van der Waals surface area contributed by atoms with Gasteiger partial charge in [-0.3, -0.25) is 9.89 Å². The maximum Gasteiger partial charge on any atom is 0.254 e. The number of benzene rings is 3. The monoisotopic (exact) mass is 403 g/mol. The van der Waals surface area contributed by atoms with Gasteiger partial charge in [0.2, 0.25) is 0 Å². The zero-order valence-electron chi connectivity index (χ0n) is 16.9. The average molecular weight is 403 g/mol. The van der Waals surface area contributed by atoms with Gasteiger partial charge in [0.05, 0.1) is 24.9 Å². The minimum Gasteiger partial charge on any atom is -0.493 e. The molecule has 0 saturated carbocycles. The molecule has 1 N–H and O–H groups in total. The quantitative estimate of drug-likeness (QED) is 0.491. The van der Waals surface area contributed by atoms with Crippen LogP contribution in [0.15, 0.2) is 66.9 Å². The number of hydrogen-bond donors (Lipinski definition) is 1. The molecule has 5 nitrogen and oxygen atoms in total. The molecule has 4 aromatic rings. The third-order valence-corrected chi connectivity index (χ3v) is 5.02. The lowest BCUT2D eigenvalue weighted by Gasteiger charge is -2.19. The minimum atomic E-state index is -0.374. The molecular weight excluding hydrogens is 381 g/mol. The predicted octanol–water partition coefficient (Wildman–Crippen LogP) is 5.04. The van der Waals surface area contributed by atoms with Gasteiger partial charge in [0.15, 0.2) is 0 Å². The minimum absolute atomic E-state index is 0.120. The van der Waals surface area contributed by atoms with Crippen LogP contribution < -0.4 is 4.74 Å². The maximum absolute atomic E-state index is 14.4. The highest BCUT2D eigenvalue weighted by Gasteiger charge is 2.18. The molecule has 0 bridgehead atoms. The number of aromatic nitrogens is 2. The fraction of sp³-hybridized carbons (Fsp3) is 0.167. The van der Waals surface area contributed by atoms with E-state index >= 15 is 0 Å². The zero-order chi connectivity index (χ0) is 21.1. The van der Waals surface area contributed by atoms with Crippen LogP contribution in [0.3, 0.4) is 0 Å². The number of nitrogens with one attached hydrogen (secondary N) is 1. The number of amides is 1. The number of fused-ring (bicyclic) bond motifs is 1. The van der Waals surface area contributed by atoms with Gasteiger partial charge in [0.25, 0.3) is 5.91 Å². The first-order chi connectivity index (χ1) is 14.6. The summed E-state index contributed by atoms with van der Waals surface area (Å²) in [6, 6.07) is 18.3. The zero-order valence-corrected chi connectivity index (χ0v) is 16.9. The highest BCUT2D eigenvalue weighted by molar-refractivity contribution is 5.95. The van der Waals surface area contributed by atoms with Crippen LogP contribution in [0, 0.1) is 5.82 Å². The molecule has 0 aliphatic heterocycles. The number of ether oxygens (including phenoxy) is 1. The van der Waals surface area contributed by atoms with Crippen molar-refractivity contribution in [3.8, 4) is 16.9 Å². The first-order valence-electron chi connectivity index (χ1n) is 9.76. The van der Waals surface area contributed by atoms with E-state index in [-0.39, 0.29) is 18.3 Å². The number of carbonyl (C=O) groups excluding carboxylic acids is 1. The number of carbonyl (C=O) groups is 1. The Morgan fingerprint density at radius 2 is 1.93 bits per heavy atom. The number of H-pyrrole nitrogens is 1. The van der Waals surface area contributed by atoms with Gasteiger partial charge < -0.3 is 9.64 Å². The first-order valence-corrected chi connectivity index (χ1v) is 9.76. The molecular formula is C24H22FN3O2. The molecule has 0 radical (unpaired) electrons. The number of rotatable bonds is 6. The number of aromatic amines is 1. The highest BCUT2D eigenvalue weighted by Crippen LogP contribution is 2.31. The van der Waals surface area contributed by atoms with Crippen LogP contribution in [0.1, 0.15) is 22.8 Å². The van der Waals surface area contributed by atoms with Crippen LogP contribution in [-0.2, 0) is 6.54 Å². The molecule has 4 rings (SSSR count). The van der Waals surface area contributed by atoms with Crippen molar-refractivity contribution in [2.75, 3.05) is 13.7 Å². The summed E-state index contributed by atoms with van der Waals surface area (Å²) in [7, 11) is 1.66. The Bertz CT molecular complexity index is 1190. The van der Waals surface area contributed by atoms with Crippen LogP contribution in [0.2, 0.25) is 0 Å². The van der Waals surface area contributed by atoms with Crippen molar-refractivity contribution in [1.29, 1.82) is 0 Å². The van der Waals surface area contributed by atoms with Crippen molar-refractivity contribution < 1.29 is 13.9 Å². The molecule has 6 heteroatoms. The van der Waals surface area contributed by atoms with E-state index in [0.29, 0.717) is 29.0 Å². The molecule has 3 aromatic carbocycles. The van der Waals surface area contributed by atoms with E-state index < -0.39 is 0 Å². The van der Waals surface area contributed by atoms with Gasteiger partial charge in [-0.15, -0.1) is 0 Å². The number of hydrogen-bond acceptors (Lipinski definition) is 3. The second-order valence-corrected chi connectivity index (χ2v) is 7.03. The van der Waals surface area contributed by atoms with Gasteiger partial charge in [-0.25, -0.2) is 4.39 Å². The summed E-state index contributed by atoms with van der Waals surface area (Å²) in [6.07, 6.45) is 1.64. The van der Waals surface area contributed by atoms with Gasteiger partial charge in [-0.2, -0.15) is 5.10 Å². The van der Waals surface area contributed by atoms with E-state index in [0.717, 1.165) is 16.5 Å². The molecule has 152 valence electrons. The van der Waals surface area contributed by atoms with Gasteiger partial charge in [0.1, 0.15) is 11.6 Å². The molecule has 0 spiro atoms. The van der Waals surface area contributed by atoms with Crippen LogP contribution in [0.25, 0.3) is 22.0 Å². The fourth-order valence-electron chi connectivity index (χ4n) is 3.52. The molecule has 0 unspecified atom stereocenters. The van der Waals surface area contributed by atoms with E-state index in [1.807, 2.05) is 43.3 Å². The SMILES string of the molecule is CCOc1cc(C(=O)N(C)Cc2c(F)ccc3cn[nH]c23)ccc1-c1ccccc1. The number of nitrogens with zero attached hydrogens (tertiary/aromatic N) is 2. The lowest BCUT2D eigenvalue weighted by molar-refractivity contribution is 0.0784. The summed E-state index contributed by atoms with van der Waals surface area (Å²) in [5.74, 6) is 0.0529. The Balaban J connectivity index is 1.63. The molecule has 0 fully saturated rings. The summed E-state index contributed by atoms with van der Waals surface area (Å²) in [5.41, 5.74) is 3.43. The first kappa shape index (κ1) is 19.6. The molecule has 1 heterocycles. The third kappa shape index (κ3) is 3.76. The molecule has 0 saturated heterocycles.